The predicted molar refractivity (Wildman–Crippen MR) is 109 cm³/mol. The van der Waals surface area contributed by atoms with Gasteiger partial charge in [-0.25, -0.2) is 0 Å². The van der Waals surface area contributed by atoms with Crippen molar-refractivity contribution in [3.05, 3.63) is 58.7 Å². The molecule has 0 fully saturated rings. The fraction of sp³-hybridized carbons (Fsp3) is 0.435. The Labute approximate surface area is 157 Å². The van der Waals surface area contributed by atoms with Crippen molar-refractivity contribution in [2.75, 3.05) is 11.9 Å². The maximum Gasteiger partial charge on any atom is 0.255 e. The van der Waals surface area contributed by atoms with Gasteiger partial charge in [-0.3, -0.25) is 4.79 Å². The van der Waals surface area contributed by atoms with Crippen LogP contribution in [0.5, 0.6) is 5.75 Å². The second kappa shape index (κ2) is 10.0. The highest BCUT2D eigenvalue weighted by Crippen LogP contribution is 2.23. The zero-order valence-corrected chi connectivity index (χ0v) is 16.5. The van der Waals surface area contributed by atoms with Gasteiger partial charge in [-0.15, -0.1) is 0 Å². The highest BCUT2D eigenvalue weighted by Gasteiger charge is 2.10. The average molecular weight is 354 g/mol. The lowest BCUT2D eigenvalue weighted by molar-refractivity contribution is 0.102. The molecule has 1 N–H and O–H groups in total. The molecule has 0 aliphatic rings. The van der Waals surface area contributed by atoms with E-state index in [0.29, 0.717) is 5.56 Å². The van der Waals surface area contributed by atoms with Crippen LogP contribution in [0.25, 0.3) is 0 Å². The number of hydrogen-bond acceptors (Lipinski definition) is 2. The van der Waals surface area contributed by atoms with E-state index in [2.05, 4.69) is 31.3 Å². The Bertz CT molecular complexity index is 696. The number of nitrogens with one attached hydrogen (secondary N) is 1. The highest BCUT2D eigenvalue weighted by atomic mass is 16.5. The zero-order valence-electron chi connectivity index (χ0n) is 16.5. The summed E-state index contributed by atoms with van der Waals surface area (Å²) in [6.45, 7) is 9.06. The van der Waals surface area contributed by atoms with E-state index in [-0.39, 0.29) is 5.91 Å². The molecule has 0 spiro atoms. The van der Waals surface area contributed by atoms with Gasteiger partial charge in [0, 0.05) is 11.3 Å². The van der Waals surface area contributed by atoms with E-state index < -0.39 is 0 Å². The van der Waals surface area contributed by atoms with Crippen LogP contribution in [0.3, 0.4) is 0 Å². The van der Waals surface area contributed by atoms with Crippen molar-refractivity contribution < 1.29 is 9.53 Å². The Morgan fingerprint density at radius 2 is 1.54 bits per heavy atom. The molecule has 0 heterocycles. The Morgan fingerprint density at radius 1 is 0.923 bits per heavy atom. The van der Waals surface area contributed by atoms with Crippen LogP contribution in [-0.4, -0.2) is 12.5 Å². The van der Waals surface area contributed by atoms with Crippen molar-refractivity contribution >= 4 is 11.6 Å². The Hall–Kier alpha value is -2.29. The number of carbonyl (C=O) groups is 1. The molecule has 0 saturated heterocycles. The quantitative estimate of drug-likeness (QED) is 0.544. The first-order chi connectivity index (χ1) is 12.5. The van der Waals surface area contributed by atoms with E-state index in [0.717, 1.165) is 35.6 Å². The van der Waals surface area contributed by atoms with E-state index >= 15 is 0 Å². The molecule has 3 heteroatoms. The first kappa shape index (κ1) is 20.0. The molecule has 2 rings (SSSR count). The largest absolute Gasteiger partial charge is 0.494 e. The third-order valence-electron chi connectivity index (χ3n) is 4.55. The number of ether oxygens (including phenoxy) is 1. The number of unbranched alkanes of at least 4 members (excludes halogenated alkanes) is 4. The maximum atomic E-state index is 12.5. The number of carbonyl (C=O) groups excluding carboxylic acids is 1. The lowest BCUT2D eigenvalue weighted by atomic mass is 10.0. The minimum Gasteiger partial charge on any atom is -0.494 e. The van der Waals surface area contributed by atoms with Crippen LogP contribution in [0.15, 0.2) is 36.4 Å². The first-order valence-corrected chi connectivity index (χ1v) is 9.63. The zero-order chi connectivity index (χ0) is 18.9. The fourth-order valence-electron chi connectivity index (χ4n) is 3.16. The molecule has 0 aromatic heterocycles. The van der Waals surface area contributed by atoms with Gasteiger partial charge in [-0.05, 0) is 62.6 Å². The predicted octanol–water partition coefficient (Wildman–Crippen LogP) is 6.21. The minimum atomic E-state index is -0.0915. The molecule has 0 saturated carbocycles. The van der Waals surface area contributed by atoms with Crippen LogP contribution >= 0.6 is 0 Å². The van der Waals surface area contributed by atoms with E-state index in [1.54, 1.807) is 0 Å². The minimum absolute atomic E-state index is 0.0915. The van der Waals surface area contributed by atoms with E-state index in [1.165, 1.54) is 31.2 Å². The number of hydrogen-bond donors (Lipinski definition) is 1. The van der Waals surface area contributed by atoms with Crippen molar-refractivity contribution in [2.24, 2.45) is 0 Å². The Morgan fingerprint density at radius 3 is 2.15 bits per heavy atom. The SMILES string of the molecule is CCCCCCCOc1ccc(C(=O)Nc2c(C)cc(C)cc2C)cc1. The van der Waals surface area contributed by atoms with Crippen molar-refractivity contribution in [3.8, 4) is 5.75 Å². The third-order valence-corrected chi connectivity index (χ3v) is 4.55. The van der Waals surface area contributed by atoms with Gasteiger partial charge in [-0.2, -0.15) is 0 Å². The summed E-state index contributed by atoms with van der Waals surface area (Å²) in [5.41, 5.74) is 4.90. The van der Waals surface area contributed by atoms with Crippen LogP contribution in [0, 0.1) is 20.8 Å². The molecule has 0 unspecified atom stereocenters. The van der Waals surface area contributed by atoms with Crippen molar-refractivity contribution in [2.45, 2.75) is 59.8 Å². The van der Waals surface area contributed by atoms with Gasteiger partial charge >= 0.3 is 0 Å². The summed E-state index contributed by atoms with van der Waals surface area (Å²) in [5, 5.41) is 3.03. The monoisotopic (exact) mass is 353 g/mol. The maximum absolute atomic E-state index is 12.5. The van der Waals surface area contributed by atoms with Crippen LogP contribution in [0.2, 0.25) is 0 Å². The number of aryl methyl sites for hydroxylation is 3. The van der Waals surface area contributed by atoms with Gasteiger partial charge in [-0.1, -0.05) is 50.3 Å². The smallest absolute Gasteiger partial charge is 0.255 e. The molecule has 26 heavy (non-hydrogen) atoms. The summed E-state index contributed by atoms with van der Waals surface area (Å²) >= 11 is 0. The molecule has 0 bridgehead atoms. The van der Waals surface area contributed by atoms with Gasteiger partial charge in [0.15, 0.2) is 0 Å². The fourth-order valence-corrected chi connectivity index (χ4v) is 3.16. The van der Waals surface area contributed by atoms with Gasteiger partial charge in [0.1, 0.15) is 5.75 Å². The summed E-state index contributed by atoms with van der Waals surface area (Å²) in [6.07, 6.45) is 6.12. The Kier molecular flexibility index (Phi) is 7.71. The Balaban J connectivity index is 1.89. The molecule has 0 aliphatic carbocycles. The van der Waals surface area contributed by atoms with Gasteiger partial charge < -0.3 is 10.1 Å². The van der Waals surface area contributed by atoms with Crippen LogP contribution < -0.4 is 10.1 Å². The number of benzene rings is 2. The topological polar surface area (TPSA) is 38.3 Å². The standard InChI is InChI=1S/C23H31NO2/c1-5-6-7-8-9-14-26-21-12-10-20(11-13-21)23(25)24-22-18(3)15-17(2)16-19(22)4/h10-13,15-16H,5-9,14H2,1-4H3,(H,24,25). The van der Waals surface area contributed by atoms with Crippen molar-refractivity contribution in [1.82, 2.24) is 0 Å². The number of anilines is 1. The lowest BCUT2D eigenvalue weighted by Gasteiger charge is -2.13. The van der Waals surface area contributed by atoms with E-state index in [1.807, 2.05) is 38.1 Å². The molecule has 3 nitrogen and oxygen atoms in total. The van der Waals surface area contributed by atoms with Crippen molar-refractivity contribution in [3.63, 3.8) is 0 Å². The first-order valence-electron chi connectivity index (χ1n) is 9.63. The second-order valence-corrected chi connectivity index (χ2v) is 7.01. The second-order valence-electron chi connectivity index (χ2n) is 7.01. The number of rotatable bonds is 9. The number of amides is 1. The molecule has 140 valence electrons. The van der Waals surface area contributed by atoms with Gasteiger partial charge in [0.25, 0.3) is 5.91 Å². The summed E-state index contributed by atoms with van der Waals surface area (Å²) in [6, 6.07) is 11.5. The average Bonchev–Trinajstić information content (AvgIpc) is 2.61. The third kappa shape index (κ3) is 5.91. The van der Waals surface area contributed by atoms with E-state index in [4.69, 9.17) is 4.74 Å². The lowest BCUT2D eigenvalue weighted by Crippen LogP contribution is -2.14. The molecular formula is C23H31NO2. The van der Waals surface area contributed by atoms with Gasteiger partial charge in [0.05, 0.1) is 6.61 Å². The summed E-state index contributed by atoms with van der Waals surface area (Å²) in [5.74, 6) is 0.728. The normalized spacial score (nSPS) is 10.6. The molecule has 0 atom stereocenters. The van der Waals surface area contributed by atoms with E-state index in [9.17, 15) is 4.79 Å². The van der Waals surface area contributed by atoms with Crippen LogP contribution in [0.1, 0.15) is 66.1 Å². The summed E-state index contributed by atoms with van der Waals surface area (Å²) in [4.78, 5) is 12.5. The molecule has 1 amide bonds. The van der Waals surface area contributed by atoms with Crippen LogP contribution in [0.4, 0.5) is 5.69 Å². The van der Waals surface area contributed by atoms with Gasteiger partial charge in [0.2, 0.25) is 0 Å². The van der Waals surface area contributed by atoms with Crippen LogP contribution in [-0.2, 0) is 0 Å². The summed E-state index contributed by atoms with van der Waals surface area (Å²) in [7, 11) is 0. The molecule has 0 radical (unpaired) electrons. The summed E-state index contributed by atoms with van der Waals surface area (Å²) < 4.78 is 5.76. The van der Waals surface area contributed by atoms with Crippen molar-refractivity contribution in [1.29, 1.82) is 0 Å². The highest BCUT2D eigenvalue weighted by molar-refractivity contribution is 6.05. The molecule has 0 aliphatic heterocycles. The molecule has 2 aromatic carbocycles. The molecular weight excluding hydrogens is 322 g/mol. The molecule has 2 aromatic rings.